The van der Waals surface area contributed by atoms with Gasteiger partial charge in [-0.2, -0.15) is 13.2 Å². The Labute approximate surface area is 185 Å². The summed E-state index contributed by atoms with van der Waals surface area (Å²) in [5.41, 5.74) is 2.67. The van der Waals surface area contributed by atoms with E-state index >= 15 is 0 Å². The number of nitrogens with zero attached hydrogens (tertiary/aromatic N) is 2. The number of hydrogen-bond acceptors (Lipinski definition) is 3. The smallest absolute Gasteiger partial charge is 0.366 e. The fraction of sp³-hybridized carbons (Fsp3) is 0.360. The molecule has 4 nitrogen and oxygen atoms in total. The van der Waals surface area contributed by atoms with Gasteiger partial charge in [-0.15, -0.1) is 0 Å². The van der Waals surface area contributed by atoms with Crippen molar-refractivity contribution in [3.8, 4) is 0 Å². The molecule has 0 saturated carbocycles. The molecule has 0 spiro atoms. The van der Waals surface area contributed by atoms with Crippen molar-refractivity contribution < 1.29 is 22.8 Å². The minimum atomic E-state index is -4.49. The lowest BCUT2D eigenvalue weighted by Crippen LogP contribution is -2.38. The number of carbonyl (C=O) groups excluding carboxylic acids is 2. The highest BCUT2D eigenvalue weighted by atomic mass is 19.4. The van der Waals surface area contributed by atoms with Gasteiger partial charge in [0.05, 0.1) is 16.8 Å². The summed E-state index contributed by atoms with van der Waals surface area (Å²) in [6.45, 7) is 7.38. The monoisotopic (exact) mass is 442 g/mol. The van der Waals surface area contributed by atoms with E-state index in [0.717, 1.165) is 41.0 Å². The first-order valence-corrected chi connectivity index (χ1v) is 10.7. The molecule has 0 bridgehead atoms. The van der Waals surface area contributed by atoms with Gasteiger partial charge in [0.1, 0.15) is 5.70 Å². The van der Waals surface area contributed by atoms with Gasteiger partial charge < -0.3 is 4.90 Å². The van der Waals surface area contributed by atoms with Gasteiger partial charge in [0, 0.05) is 13.1 Å². The molecule has 1 fully saturated rings. The summed E-state index contributed by atoms with van der Waals surface area (Å²) < 4.78 is 38.9. The second kappa shape index (κ2) is 8.11. The first-order valence-electron chi connectivity index (χ1n) is 10.7. The number of carbonyl (C=O) groups is 2. The van der Waals surface area contributed by atoms with Crippen molar-refractivity contribution >= 4 is 23.1 Å². The molecule has 0 N–H and O–H groups in total. The van der Waals surface area contributed by atoms with Crippen LogP contribution in [0.15, 0.2) is 48.2 Å². The SMILES string of the molecule is Cc1ccc(C2=C(N3CCC(C)CC3)C(=O)N(c3ccc(C(F)(F)F)cc3)C2=O)cc1C. The van der Waals surface area contributed by atoms with Crippen molar-refractivity contribution in [3.63, 3.8) is 0 Å². The molecule has 2 amide bonds. The second-order valence-electron chi connectivity index (χ2n) is 8.68. The lowest BCUT2D eigenvalue weighted by Gasteiger charge is -2.32. The van der Waals surface area contributed by atoms with Crippen molar-refractivity contribution in [1.29, 1.82) is 0 Å². The summed E-state index contributed by atoms with van der Waals surface area (Å²) >= 11 is 0. The Morgan fingerprint density at radius 3 is 2.06 bits per heavy atom. The molecule has 0 radical (unpaired) electrons. The molecule has 2 heterocycles. The average molecular weight is 442 g/mol. The fourth-order valence-corrected chi connectivity index (χ4v) is 4.23. The zero-order valence-corrected chi connectivity index (χ0v) is 18.3. The van der Waals surface area contributed by atoms with E-state index in [0.29, 0.717) is 35.8 Å². The van der Waals surface area contributed by atoms with E-state index in [1.165, 1.54) is 12.1 Å². The molecule has 2 aromatic carbocycles. The third-order valence-electron chi connectivity index (χ3n) is 6.41. The lowest BCUT2D eigenvalue weighted by molar-refractivity contribution is -0.137. The van der Waals surface area contributed by atoms with Crippen LogP contribution in [0.5, 0.6) is 0 Å². The van der Waals surface area contributed by atoms with E-state index in [2.05, 4.69) is 6.92 Å². The zero-order valence-electron chi connectivity index (χ0n) is 18.3. The number of imide groups is 1. The van der Waals surface area contributed by atoms with Crippen LogP contribution in [0.2, 0.25) is 0 Å². The molecule has 0 atom stereocenters. The standard InChI is InChI=1S/C25H25F3N2O2/c1-15-10-12-29(13-11-15)22-21(18-5-4-16(2)17(3)14-18)23(31)30(24(22)32)20-8-6-19(7-9-20)25(26,27)28/h4-9,14-15H,10-13H2,1-3H3. The van der Waals surface area contributed by atoms with Crippen molar-refractivity contribution in [2.75, 3.05) is 18.0 Å². The summed E-state index contributed by atoms with van der Waals surface area (Å²) in [7, 11) is 0. The average Bonchev–Trinajstić information content (AvgIpc) is 3.00. The van der Waals surface area contributed by atoms with E-state index < -0.39 is 23.6 Å². The maximum atomic E-state index is 13.5. The van der Waals surface area contributed by atoms with E-state index in [1.54, 1.807) is 0 Å². The Bertz CT molecular complexity index is 1100. The molecule has 32 heavy (non-hydrogen) atoms. The Hall–Kier alpha value is -3.09. The van der Waals surface area contributed by atoms with Gasteiger partial charge >= 0.3 is 6.18 Å². The van der Waals surface area contributed by atoms with Gasteiger partial charge in [0.2, 0.25) is 0 Å². The van der Waals surface area contributed by atoms with Gasteiger partial charge in [0.25, 0.3) is 11.8 Å². The zero-order chi connectivity index (χ0) is 23.2. The van der Waals surface area contributed by atoms with Crippen LogP contribution in [0, 0.1) is 19.8 Å². The second-order valence-corrected chi connectivity index (χ2v) is 8.68. The Kier molecular flexibility index (Phi) is 5.61. The molecule has 0 unspecified atom stereocenters. The minimum Gasteiger partial charge on any atom is -0.366 e. The third kappa shape index (κ3) is 3.92. The van der Waals surface area contributed by atoms with Gasteiger partial charge in [-0.25, -0.2) is 4.90 Å². The van der Waals surface area contributed by atoms with Crippen LogP contribution in [-0.2, 0) is 15.8 Å². The topological polar surface area (TPSA) is 40.6 Å². The van der Waals surface area contributed by atoms with Crippen molar-refractivity contribution in [2.45, 2.75) is 39.8 Å². The number of alkyl halides is 3. The highest BCUT2D eigenvalue weighted by Gasteiger charge is 2.43. The molecule has 1 saturated heterocycles. The highest BCUT2D eigenvalue weighted by Crippen LogP contribution is 2.38. The number of benzene rings is 2. The van der Waals surface area contributed by atoms with Crippen molar-refractivity contribution in [2.24, 2.45) is 5.92 Å². The number of hydrogen-bond donors (Lipinski definition) is 0. The van der Waals surface area contributed by atoms with E-state index in [1.807, 2.05) is 36.9 Å². The number of halogens is 3. The van der Waals surface area contributed by atoms with Crippen LogP contribution in [0.3, 0.4) is 0 Å². The largest absolute Gasteiger partial charge is 0.416 e. The fourth-order valence-electron chi connectivity index (χ4n) is 4.23. The van der Waals surface area contributed by atoms with Gasteiger partial charge in [-0.05, 0) is 73.6 Å². The summed E-state index contributed by atoms with van der Waals surface area (Å²) in [6.07, 6.45) is -2.67. The number of likely N-dealkylation sites (tertiary alicyclic amines) is 1. The predicted molar refractivity (Wildman–Crippen MR) is 117 cm³/mol. The van der Waals surface area contributed by atoms with Crippen molar-refractivity contribution in [3.05, 3.63) is 70.4 Å². The van der Waals surface area contributed by atoms with Gasteiger partial charge in [-0.3, -0.25) is 9.59 Å². The first-order chi connectivity index (χ1) is 15.1. The number of anilines is 1. The minimum absolute atomic E-state index is 0.134. The molecular formula is C25H25F3N2O2. The van der Waals surface area contributed by atoms with Crippen LogP contribution in [-0.4, -0.2) is 29.8 Å². The first kappa shape index (κ1) is 22.1. The van der Waals surface area contributed by atoms with Crippen LogP contribution in [0.25, 0.3) is 5.57 Å². The van der Waals surface area contributed by atoms with E-state index in [9.17, 15) is 22.8 Å². The maximum Gasteiger partial charge on any atom is 0.416 e. The Morgan fingerprint density at radius 2 is 1.50 bits per heavy atom. The van der Waals surface area contributed by atoms with Crippen LogP contribution in [0.1, 0.15) is 42.0 Å². The van der Waals surface area contributed by atoms with Gasteiger partial charge in [-0.1, -0.05) is 25.1 Å². The molecule has 4 rings (SSSR count). The summed E-state index contributed by atoms with van der Waals surface area (Å²) in [6, 6.07) is 9.77. The molecule has 7 heteroatoms. The quantitative estimate of drug-likeness (QED) is 0.603. The Balaban J connectivity index is 1.78. The van der Waals surface area contributed by atoms with Crippen LogP contribution in [0.4, 0.5) is 18.9 Å². The summed E-state index contributed by atoms with van der Waals surface area (Å²) in [4.78, 5) is 30.0. The predicted octanol–water partition coefficient (Wildman–Crippen LogP) is 5.34. The molecule has 168 valence electrons. The molecule has 2 aliphatic rings. The summed E-state index contributed by atoms with van der Waals surface area (Å²) in [5.74, 6) is -0.459. The number of piperidine rings is 1. The molecule has 0 aromatic heterocycles. The van der Waals surface area contributed by atoms with Crippen molar-refractivity contribution in [1.82, 2.24) is 4.90 Å². The van der Waals surface area contributed by atoms with Gasteiger partial charge in [0.15, 0.2) is 0 Å². The number of amides is 2. The van der Waals surface area contributed by atoms with Crippen LogP contribution >= 0.6 is 0 Å². The normalized spacial score (nSPS) is 18.2. The Morgan fingerprint density at radius 1 is 0.875 bits per heavy atom. The van der Waals surface area contributed by atoms with E-state index in [4.69, 9.17) is 0 Å². The maximum absolute atomic E-state index is 13.5. The number of aryl methyl sites for hydroxylation is 2. The molecule has 2 aliphatic heterocycles. The highest BCUT2D eigenvalue weighted by molar-refractivity contribution is 6.45. The lowest BCUT2D eigenvalue weighted by atomic mass is 9.96. The number of rotatable bonds is 3. The van der Waals surface area contributed by atoms with Crippen LogP contribution < -0.4 is 4.90 Å². The molecule has 2 aromatic rings. The third-order valence-corrected chi connectivity index (χ3v) is 6.41. The molecular weight excluding hydrogens is 417 g/mol. The van der Waals surface area contributed by atoms with E-state index in [-0.39, 0.29) is 5.69 Å². The molecule has 0 aliphatic carbocycles. The summed E-state index contributed by atoms with van der Waals surface area (Å²) in [5, 5.41) is 0.